The normalized spacial score (nSPS) is 11.1. The number of furan rings is 2. The van der Waals surface area contributed by atoms with Gasteiger partial charge in [0, 0.05) is 21.7 Å². The highest BCUT2D eigenvalue weighted by Gasteiger charge is 2.25. The van der Waals surface area contributed by atoms with Crippen LogP contribution in [-0.4, -0.2) is 17.0 Å². The van der Waals surface area contributed by atoms with E-state index < -0.39 is 11.9 Å². The Morgan fingerprint density at radius 3 is 2.49 bits per heavy atom. The quantitative estimate of drug-likeness (QED) is 0.232. The van der Waals surface area contributed by atoms with Crippen LogP contribution in [0.2, 0.25) is 0 Å². The number of para-hydroxylation sites is 2. The van der Waals surface area contributed by atoms with Crippen LogP contribution in [0.3, 0.4) is 0 Å². The van der Waals surface area contributed by atoms with Crippen LogP contribution in [0.15, 0.2) is 99.1 Å². The average Bonchev–Trinajstić information content (AvgIpc) is 3.64. The van der Waals surface area contributed by atoms with Crippen LogP contribution in [0.1, 0.15) is 26.5 Å². The number of hydrogen-bond donors (Lipinski definition) is 2. The van der Waals surface area contributed by atoms with Gasteiger partial charge in [0.25, 0.3) is 5.91 Å². The van der Waals surface area contributed by atoms with Gasteiger partial charge in [0.1, 0.15) is 28.5 Å². The minimum atomic E-state index is -1.18. The molecule has 0 saturated heterocycles. The predicted molar refractivity (Wildman–Crippen MR) is 141 cm³/mol. The smallest absolute Gasteiger partial charge is 0.339 e. The number of amides is 1. The summed E-state index contributed by atoms with van der Waals surface area (Å²) in [5, 5.41) is 16.1. The summed E-state index contributed by atoms with van der Waals surface area (Å²) < 4.78 is 17.7. The first kappa shape index (κ1) is 22.6. The molecule has 0 spiro atoms. The Kier molecular flexibility index (Phi) is 5.71. The van der Waals surface area contributed by atoms with Crippen LogP contribution >= 0.6 is 11.3 Å². The molecule has 0 aliphatic heterocycles. The molecular weight excluding hydrogens is 490 g/mol. The maximum atomic E-state index is 12.8. The largest absolute Gasteiger partial charge is 0.485 e. The lowest BCUT2D eigenvalue weighted by molar-refractivity contribution is 0.0699. The maximum Gasteiger partial charge on any atom is 0.339 e. The second-order valence-corrected chi connectivity index (χ2v) is 9.20. The van der Waals surface area contributed by atoms with Crippen LogP contribution in [0.25, 0.3) is 33.3 Å². The summed E-state index contributed by atoms with van der Waals surface area (Å²) in [5.74, 6) is -0.705. The number of anilines is 1. The van der Waals surface area contributed by atoms with Gasteiger partial charge in [0.05, 0.1) is 0 Å². The molecule has 0 saturated carbocycles. The maximum absolute atomic E-state index is 12.8. The number of rotatable bonds is 7. The third kappa shape index (κ3) is 4.34. The molecule has 3 heterocycles. The number of benzene rings is 3. The van der Waals surface area contributed by atoms with Crippen molar-refractivity contribution >= 4 is 50.2 Å². The summed E-state index contributed by atoms with van der Waals surface area (Å²) in [6, 6.07) is 25.9. The van der Waals surface area contributed by atoms with Gasteiger partial charge in [0.15, 0.2) is 17.1 Å². The van der Waals surface area contributed by atoms with Crippen molar-refractivity contribution in [1.82, 2.24) is 0 Å². The van der Waals surface area contributed by atoms with Crippen LogP contribution < -0.4 is 10.1 Å². The van der Waals surface area contributed by atoms with Crippen LogP contribution in [0, 0.1) is 0 Å². The zero-order valence-corrected chi connectivity index (χ0v) is 20.1. The number of carbonyl (C=O) groups is 2. The number of carboxylic acids is 1. The fourth-order valence-corrected chi connectivity index (χ4v) is 5.06. The van der Waals surface area contributed by atoms with E-state index in [1.807, 2.05) is 66.7 Å². The molecule has 0 radical (unpaired) electrons. The summed E-state index contributed by atoms with van der Waals surface area (Å²) in [7, 11) is 0. The second kappa shape index (κ2) is 9.33. The van der Waals surface area contributed by atoms with Gasteiger partial charge >= 0.3 is 5.97 Å². The molecule has 2 N–H and O–H groups in total. The molecule has 0 bridgehead atoms. The van der Waals surface area contributed by atoms with Crippen molar-refractivity contribution < 1.29 is 28.3 Å². The summed E-state index contributed by atoms with van der Waals surface area (Å²) in [4.78, 5) is 25.1. The number of ether oxygens (including phenoxy) is 1. The molecule has 8 heteroatoms. The first-order chi connectivity index (χ1) is 18.1. The molecule has 6 aromatic rings. The van der Waals surface area contributed by atoms with E-state index in [2.05, 4.69) is 5.32 Å². The number of nitrogens with one attached hydrogen (secondary N) is 1. The molecule has 0 atom stereocenters. The fraction of sp³-hybridized carbons (Fsp3) is 0.0345. The van der Waals surface area contributed by atoms with E-state index in [1.54, 1.807) is 23.6 Å². The number of carboxylic acid groups (broad SMARTS) is 1. The molecule has 6 rings (SSSR count). The average molecular weight is 510 g/mol. The van der Waals surface area contributed by atoms with Crippen LogP contribution in [0.5, 0.6) is 5.75 Å². The SMILES string of the molecule is O=C(Nc1scc(-c2cc3cccc(OCc4ccccc4)c3o2)c1C(=O)O)c1cc2ccccc2o1. The minimum absolute atomic E-state index is 0.0553. The van der Waals surface area contributed by atoms with Gasteiger partial charge in [-0.05, 0) is 29.8 Å². The van der Waals surface area contributed by atoms with Gasteiger partial charge < -0.3 is 24.0 Å². The molecule has 0 aliphatic carbocycles. The third-order valence-electron chi connectivity index (χ3n) is 5.89. The number of fused-ring (bicyclic) bond motifs is 2. The van der Waals surface area contributed by atoms with Crippen molar-refractivity contribution in [2.75, 3.05) is 5.32 Å². The molecule has 37 heavy (non-hydrogen) atoms. The number of hydrogen-bond acceptors (Lipinski definition) is 6. The molecule has 3 aromatic carbocycles. The molecular formula is C29H19NO6S. The van der Waals surface area contributed by atoms with Gasteiger partial charge in [-0.25, -0.2) is 4.79 Å². The van der Waals surface area contributed by atoms with E-state index in [0.717, 1.165) is 27.7 Å². The lowest BCUT2D eigenvalue weighted by Crippen LogP contribution is -2.12. The lowest BCUT2D eigenvalue weighted by atomic mass is 10.1. The monoisotopic (exact) mass is 509 g/mol. The fourth-order valence-electron chi connectivity index (χ4n) is 4.12. The predicted octanol–water partition coefficient (Wildman–Crippen LogP) is 7.44. The van der Waals surface area contributed by atoms with Crippen molar-refractivity contribution in [2.24, 2.45) is 0 Å². The second-order valence-electron chi connectivity index (χ2n) is 8.32. The Bertz CT molecular complexity index is 1730. The van der Waals surface area contributed by atoms with E-state index in [4.69, 9.17) is 13.6 Å². The Labute approximate surface area is 214 Å². The molecule has 0 fully saturated rings. The summed E-state index contributed by atoms with van der Waals surface area (Å²) in [6.07, 6.45) is 0. The zero-order valence-electron chi connectivity index (χ0n) is 19.3. The Morgan fingerprint density at radius 2 is 1.68 bits per heavy atom. The van der Waals surface area contributed by atoms with E-state index in [1.165, 1.54) is 0 Å². The lowest BCUT2D eigenvalue weighted by Gasteiger charge is -2.06. The summed E-state index contributed by atoms with van der Waals surface area (Å²) >= 11 is 1.11. The highest BCUT2D eigenvalue weighted by atomic mass is 32.1. The first-order valence-electron chi connectivity index (χ1n) is 11.4. The standard InChI is InChI=1S/C29H19NO6S/c31-27(24-13-18-9-4-5-11-21(18)35-24)30-28-25(29(32)33)20(16-37-28)23-14-19-10-6-12-22(26(19)36-23)34-15-17-7-2-1-3-8-17/h1-14,16H,15H2,(H,30,31)(H,32,33). The van der Waals surface area contributed by atoms with Gasteiger partial charge in [-0.1, -0.05) is 60.7 Å². The van der Waals surface area contributed by atoms with Gasteiger partial charge in [-0.2, -0.15) is 0 Å². The molecule has 182 valence electrons. The number of aromatic carboxylic acids is 1. The Hall–Kier alpha value is -4.82. The molecule has 7 nitrogen and oxygen atoms in total. The van der Waals surface area contributed by atoms with Crippen molar-refractivity contribution in [3.05, 3.63) is 107 Å². The highest BCUT2D eigenvalue weighted by molar-refractivity contribution is 7.15. The van der Waals surface area contributed by atoms with Crippen molar-refractivity contribution in [3.8, 4) is 17.1 Å². The Balaban J connectivity index is 1.31. The summed E-state index contributed by atoms with van der Waals surface area (Å²) in [6.45, 7) is 0.368. The number of thiophene rings is 1. The van der Waals surface area contributed by atoms with E-state index >= 15 is 0 Å². The third-order valence-corrected chi connectivity index (χ3v) is 6.79. The van der Waals surface area contributed by atoms with E-state index in [-0.39, 0.29) is 16.3 Å². The van der Waals surface area contributed by atoms with Crippen LogP contribution in [0.4, 0.5) is 5.00 Å². The Morgan fingerprint density at radius 1 is 0.892 bits per heavy atom. The zero-order chi connectivity index (χ0) is 25.4. The van der Waals surface area contributed by atoms with Crippen molar-refractivity contribution in [3.63, 3.8) is 0 Å². The molecule has 0 aliphatic rings. The van der Waals surface area contributed by atoms with Crippen molar-refractivity contribution in [2.45, 2.75) is 6.61 Å². The van der Waals surface area contributed by atoms with Gasteiger partial charge in [-0.3, -0.25) is 4.79 Å². The molecule has 0 unspecified atom stereocenters. The highest BCUT2D eigenvalue weighted by Crippen LogP contribution is 2.40. The van der Waals surface area contributed by atoms with Gasteiger partial charge in [0.2, 0.25) is 0 Å². The van der Waals surface area contributed by atoms with Crippen LogP contribution in [-0.2, 0) is 6.61 Å². The van der Waals surface area contributed by atoms with Gasteiger partial charge in [-0.15, -0.1) is 11.3 Å². The minimum Gasteiger partial charge on any atom is -0.485 e. The topological polar surface area (TPSA) is 102 Å². The first-order valence-corrected chi connectivity index (χ1v) is 12.3. The molecule has 3 aromatic heterocycles. The number of carbonyl (C=O) groups excluding carboxylic acids is 1. The van der Waals surface area contributed by atoms with E-state index in [9.17, 15) is 14.7 Å². The van der Waals surface area contributed by atoms with E-state index in [0.29, 0.717) is 34.8 Å². The molecule has 1 amide bonds. The summed E-state index contributed by atoms with van der Waals surface area (Å²) in [5.41, 5.74) is 2.42. The van der Waals surface area contributed by atoms with Crippen molar-refractivity contribution in [1.29, 1.82) is 0 Å².